The molecule has 0 atom stereocenters. The maximum absolute atomic E-state index is 2.45. The second kappa shape index (κ2) is 16.5. The summed E-state index contributed by atoms with van der Waals surface area (Å²) in [5.74, 6) is 0. The van der Waals surface area contributed by atoms with Crippen molar-refractivity contribution in [3.05, 3.63) is 267 Å². The summed E-state index contributed by atoms with van der Waals surface area (Å²) in [7, 11) is 0. The molecule has 2 heteroatoms. The molecule has 0 radical (unpaired) electrons. The third-order valence-corrected chi connectivity index (χ3v) is 13.7. The van der Waals surface area contributed by atoms with E-state index in [1.807, 2.05) is 0 Å². The van der Waals surface area contributed by atoms with E-state index in [9.17, 15) is 0 Å². The van der Waals surface area contributed by atoms with Crippen LogP contribution in [0.3, 0.4) is 0 Å². The Morgan fingerprint density at radius 1 is 0.191 bits per heavy atom. The van der Waals surface area contributed by atoms with E-state index < -0.39 is 0 Å². The maximum atomic E-state index is 2.45. The van der Waals surface area contributed by atoms with Gasteiger partial charge in [0.05, 0.1) is 0 Å². The summed E-state index contributed by atoms with van der Waals surface area (Å²) in [4.78, 5) is 4.81. The van der Waals surface area contributed by atoms with Gasteiger partial charge in [0.2, 0.25) is 0 Å². The fourth-order valence-electron chi connectivity index (χ4n) is 10.6. The van der Waals surface area contributed by atoms with Crippen molar-refractivity contribution in [3.63, 3.8) is 0 Å². The minimum atomic E-state index is 1.09. The first-order valence-electron chi connectivity index (χ1n) is 23.4. The quantitative estimate of drug-likeness (QED) is 0.111. The molecule has 0 bridgehead atoms. The smallest absolute Gasteiger partial charge is 0.0468 e. The molecule has 0 aliphatic carbocycles. The molecular formula is C66H44N2. The summed E-state index contributed by atoms with van der Waals surface area (Å²) in [6, 6.07) is 97.9. The van der Waals surface area contributed by atoms with E-state index in [1.165, 1.54) is 86.9 Å². The van der Waals surface area contributed by atoms with Gasteiger partial charge < -0.3 is 9.80 Å². The van der Waals surface area contributed by atoms with E-state index in [4.69, 9.17) is 0 Å². The highest BCUT2D eigenvalue weighted by Gasteiger charge is 2.24. The zero-order valence-electron chi connectivity index (χ0n) is 37.3. The van der Waals surface area contributed by atoms with Crippen LogP contribution in [0.25, 0.3) is 86.9 Å². The summed E-state index contributed by atoms with van der Waals surface area (Å²) in [6.45, 7) is 0. The minimum Gasteiger partial charge on any atom is -0.310 e. The molecule has 0 aromatic heterocycles. The predicted octanol–water partition coefficient (Wildman–Crippen LogP) is 18.9. The van der Waals surface area contributed by atoms with Crippen molar-refractivity contribution in [2.75, 3.05) is 9.80 Å². The van der Waals surface area contributed by atoms with Gasteiger partial charge in [-0.3, -0.25) is 0 Å². The van der Waals surface area contributed by atoms with Crippen molar-refractivity contribution in [1.29, 1.82) is 0 Å². The maximum Gasteiger partial charge on any atom is 0.0468 e. The van der Waals surface area contributed by atoms with Gasteiger partial charge in [-0.2, -0.15) is 0 Å². The number of para-hydroxylation sites is 2. The van der Waals surface area contributed by atoms with Crippen molar-refractivity contribution < 1.29 is 0 Å². The topological polar surface area (TPSA) is 6.48 Å². The molecule has 318 valence electrons. The van der Waals surface area contributed by atoms with Gasteiger partial charge in [-0.15, -0.1) is 0 Å². The lowest BCUT2D eigenvalue weighted by molar-refractivity contribution is 1.29. The summed E-state index contributed by atoms with van der Waals surface area (Å²) >= 11 is 0. The first-order chi connectivity index (χ1) is 33.7. The van der Waals surface area contributed by atoms with E-state index in [-0.39, 0.29) is 0 Å². The van der Waals surface area contributed by atoms with Gasteiger partial charge in [0.25, 0.3) is 0 Å². The van der Waals surface area contributed by atoms with Gasteiger partial charge in [-0.25, -0.2) is 0 Å². The molecule has 2 nitrogen and oxygen atoms in total. The normalized spacial score (nSPS) is 11.5. The molecule has 13 aromatic rings. The first kappa shape index (κ1) is 39.4. The number of rotatable bonds is 8. The van der Waals surface area contributed by atoms with Crippen LogP contribution in [-0.4, -0.2) is 0 Å². The Balaban J connectivity index is 1.15. The van der Waals surface area contributed by atoms with Crippen LogP contribution < -0.4 is 9.80 Å². The third kappa shape index (κ3) is 6.73. The average Bonchev–Trinajstić information content (AvgIpc) is 3.41. The van der Waals surface area contributed by atoms with Crippen LogP contribution in [0.1, 0.15) is 0 Å². The highest BCUT2D eigenvalue weighted by molar-refractivity contribution is 6.26. The lowest BCUT2D eigenvalue weighted by atomic mass is 9.83. The standard InChI is InChI=1S/C66H44N2/c1-4-20-47(21-5-1)65-60-38-36-56(68(52-27-8-3-9-28-52)54-35-33-46-19-11-13-23-49(46)41-54)44-64(60)66(62-42-50-24-14-15-29-57(50)58-30-16-17-31-59(58)62)61-39-37-55(43-63(61)65)67(51-25-6-2-7-26-51)53-34-32-45-18-10-12-22-48(45)40-53/h1-44H. The van der Waals surface area contributed by atoms with Crippen molar-refractivity contribution in [3.8, 4) is 22.3 Å². The van der Waals surface area contributed by atoms with Gasteiger partial charge in [0.1, 0.15) is 0 Å². The summed E-state index contributed by atoms with van der Waals surface area (Å²) in [5.41, 5.74) is 11.4. The molecule has 13 aromatic carbocycles. The number of nitrogens with zero attached hydrogens (tertiary/aromatic N) is 2. The molecule has 68 heavy (non-hydrogen) atoms. The predicted molar refractivity (Wildman–Crippen MR) is 292 cm³/mol. The molecule has 13 rings (SSSR count). The number of fused-ring (bicyclic) bond motifs is 7. The summed E-state index contributed by atoms with van der Waals surface area (Å²) in [5, 5.41) is 14.6. The Kier molecular flexibility index (Phi) is 9.54. The number of anilines is 6. The van der Waals surface area contributed by atoms with Gasteiger partial charge in [0, 0.05) is 34.1 Å². The van der Waals surface area contributed by atoms with Crippen LogP contribution in [0, 0.1) is 0 Å². The van der Waals surface area contributed by atoms with E-state index >= 15 is 0 Å². The van der Waals surface area contributed by atoms with Crippen molar-refractivity contribution in [2.45, 2.75) is 0 Å². The monoisotopic (exact) mass is 864 g/mol. The third-order valence-electron chi connectivity index (χ3n) is 13.7. The fraction of sp³-hybridized carbons (Fsp3) is 0. The molecule has 0 spiro atoms. The Labute approximate surface area is 395 Å². The van der Waals surface area contributed by atoms with Gasteiger partial charge >= 0.3 is 0 Å². The first-order valence-corrected chi connectivity index (χ1v) is 23.4. The Morgan fingerprint density at radius 2 is 0.588 bits per heavy atom. The van der Waals surface area contributed by atoms with Crippen LogP contribution in [0.5, 0.6) is 0 Å². The van der Waals surface area contributed by atoms with E-state index in [0.29, 0.717) is 0 Å². The molecule has 0 saturated heterocycles. The molecule has 0 heterocycles. The van der Waals surface area contributed by atoms with Crippen LogP contribution in [0.2, 0.25) is 0 Å². The molecule has 0 fully saturated rings. The Hall–Kier alpha value is -8.98. The summed E-state index contributed by atoms with van der Waals surface area (Å²) < 4.78 is 0. The molecule has 0 amide bonds. The number of hydrogen-bond donors (Lipinski definition) is 0. The zero-order chi connectivity index (χ0) is 45.0. The second-order valence-electron chi connectivity index (χ2n) is 17.7. The number of hydrogen-bond acceptors (Lipinski definition) is 2. The molecule has 0 N–H and O–H groups in total. The lowest BCUT2D eigenvalue weighted by Gasteiger charge is -2.28. The molecule has 0 aliphatic rings. The van der Waals surface area contributed by atoms with Crippen molar-refractivity contribution >= 4 is 98.8 Å². The van der Waals surface area contributed by atoms with Gasteiger partial charge in [-0.1, -0.05) is 188 Å². The van der Waals surface area contributed by atoms with Gasteiger partial charge in [-0.05, 0) is 166 Å². The molecule has 0 unspecified atom stereocenters. The van der Waals surface area contributed by atoms with Crippen LogP contribution >= 0.6 is 0 Å². The van der Waals surface area contributed by atoms with E-state index in [1.54, 1.807) is 0 Å². The number of benzene rings is 13. The minimum absolute atomic E-state index is 1.09. The fourth-order valence-corrected chi connectivity index (χ4v) is 10.6. The molecular weight excluding hydrogens is 821 g/mol. The highest BCUT2D eigenvalue weighted by atomic mass is 15.1. The van der Waals surface area contributed by atoms with Crippen LogP contribution in [-0.2, 0) is 0 Å². The molecule has 0 aliphatic heterocycles. The Bertz CT molecular complexity index is 4030. The second-order valence-corrected chi connectivity index (χ2v) is 17.7. The average molecular weight is 865 g/mol. The Morgan fingerprint density at radius 3 is 1.15 bits per heavy atom. The summed E-state index contributed by atoms with van der Waals surface area (Å²) in [6.07, 6.45) is 0. The van der Waals surface area contributed by atoms with E-state index in [2.05, 4.69) is 277 Å². The highest BCUT2D eigenvalue weighted by Crippen LogP contribution is 2.50. The molecule has 0 saturated carbocycles. The van der Waals surface area contributed by atoms with Gasteiger partial charge in [0.15, 0.2) is 0 Å². The van der Waals surface area contributed by atoms with Crippen molar-refractivity contribution in [2.24, 2.45) is 0 Å². The lowest BCUT2D eigenvalue weighted by Crippen LogP contribution is -2.10. The van der Waals surface area contributed by atoms with Crippen molar-refractivity contribution in [1.82, 2.24) is 0 Å². The van der Waals surface area contributed by atoms with Crippen LogP contribution in [0.15, 0.2) is 267 Å². The van der Waals surface area contributed by atoms with E-state index in [0.717, 1.165) is 34.1 Å². The zero-order valence-corrected chi connectivity index (χ0v) is 37.3. The SMILES string of the molecule is c1ccc(-c2c3cc(N(c4ccccc4)c4ccc5ccccc5c4)ccc3c(-c3cc4ccccc4c4ccccc34)c3cc(N(c4ccccc4)c4ccc5ccccc5c4)ccc23)cc1. The largest absolute Gasteiger partial charge is 0.310 e. The van der Waals surface area contributed by atoms with Crippen LogP contribution in [0.4, 0.5) is 34.1 Å².